The molecule has 0 spiro atoms. The van der Waals surface area contributed by atoms with Crippen molar-refractivity contribution in [3.8, 4) is 0 Å². The Balaban J connectivity index is 3.43. The van der Waals surface area contributed by atoms with Crippen LogP contribution in [-0.2, 0) is 7.05 Å². The van der Waals surface area contributed by atoms with Gasteiger partial charge < -0.3 is 4.57 Å². The molecule has 0 aliphatic rings. The summed E-state index contributed by atoms with van der Waals surface area (Å²) in [6.45, 7) is 1.83. The molecule has 1 aromatic heterocycles. The van der Waals surface area contributed by atoms with E-state index in [1.54, 1.807) is 11.6 Å². The summed E-state index contributed by atoms with van der Waals surface area (Å²) in [5, 5.41) is 0. The molecule has 0 saturated carbocycles. The predicted octanol–water partition coefficient (Wildman–Crippen LogP) is 1.27. The van der Waals surface area contributed by atoms with Crippen LogP contribution in [0, 0.1) is 6.92 Å². The van der Waals surface area contributed by atoms with Gasteiger partial charge in [0.05, 0.1) is 0 Å². The van der Waals surface area contributed by atoms with Crippen LogP contribution in [0.5, 0.6) is 0 Å². The molecule has 1 aromatic rings. The van der Waals surface area contributed by atoms with Crippen molar-refractivity contribution in [2.45, 2.75) is 6.92 Å². The van der Waals surface area contributed by atoms with E-state index in [4.69, 9.17) is 0 Å². The second-order valence-electron chi connectivity index (χ2n) is 1.99. The molecule has 48 valence electrons. The highest BCUT2D eigenvalue weighted by molar-refractivity contribution is 7.28. The van der Waals surface area contributed by atoms with Crippen LogP contribution in [0.3, 0.4) is 0 Å². The van der Waals surface area contributed by atoms with Crippen molar-refractivity contribution in [2.75, 3.05) is 0 Å². The van der Waals surface area contributed by atoms with E-state index in [9.17, 15) is 4.79 Å². The molecule has 1 heterocycles. The van der Waals surface area contributed by atoms with Crippen molar-refractivity contribution in [3.63, 3.8) is 0 Å². The Kier molecular flexibility index (Phi) is 1.68. The number of aryl methyl sites for hydroxylation is 2. The van der Waals surface area contributed by atoms with Crippen molar-refractivity contribution >= 4 is 8.19 Å². The average molecular weight is 141 g/mol. The topological polar surface area (TPSA) is 22.0 Å². The summed E-state index contributed by atoms with van der Waals surface area (Å²) in [7, 11) is 2.87. The zero-order chi connectivity index (χ0) is 6.85. The molecule has 3 heteroatoms. The minimum absolute atomic E-state index is 0.105. The van der Waals surface area contributed by atoms with Crippen molar-refractivity contribution in [1.82, 2.24) is 4.57 Å². The summed E-state index contributed by atoms with van der Waals surface area (Å²) in [6, 6.07) is 0. The Hall–Kier alpha value is -0.620. The van der Waals surface area contributed by atoms with E-state index in [0.29, 0.717) is 0 Å². The highest BCUT2D eigenvalue weighted by Crippen LogP contribution is 2.00. The Bertz CT molecular complexity index is 243. The molecule has 1 rings (SSSR count). The molecule has 0 aliphatic heterocycles. The van der Waals surface area contributed by atoms with Gasteiger partial charge in [-0.1, -0.05) is 8.19 Å². The lowest BCUT2D eigenvalue weighted by Crippen LogP contribution is -2.16. The molecule has 0 aliphatic carbocycles. The molecule has 0 unspecified atom stereocenters. The normalized spacial score (nSPS) is 10.4. The molecule has 9 heavy (non-hydrogen) atoms. The SMILES string of the molecule is Cc1cpcn(C)c1=O. The van der Waals surface area contributed by atoms with Crippen LogP contribution in [0.1, 0.15) is 5.56 Å². The molecule has 0 fully saturated rings. The first-order chi connectivity index (χ1) is 4.22. The molecule has 0 atom stereocenters. The van der Waals surface area contributed by atoms with Gasteiger partial charge in [0.2, 0.25) is 0 Å². The van der Waals surface area contributed by atoms with Gasteiger partial charge in [0, 0.05) is 18.5 Å². The van der Waals surface area contributed by atoms with Crippen LogP contribution in [0.2, 0.25) is 0 Å². The predicted molar refractivity (Wildman–Crippen MR) is 38.9 cm³/mol. The molecular weight excluding hydrogens is 133 g/mol. The van der Waals surface area contributed by atoms with Gasteiger partial charge in [-0.3, -0.25) is 4.79 Å². The quantitative estimate of drug-likeness (QED) is 0.533. The Morgan fingerprint density at radius 3 is 2.78 bits per heavy atom. The summed E-state index contributed by atoms with van der Waals surface area (Å²) in [4.78, 5) is 10.9. The van der Waals surface area contributed by atoms with Crippen molar-refractivity contribution in [2.24, 2.45) is 7.05 Å². The zero-order valence-electron chi connectivity index (χ0n) is 5.46. The van der Waals surface area contributed by atoms with Gasteiger partial charge in [-0.2, -0.15) is 0 Å². The molecule has 0 amide bonds. The smallest absolute Gasteiger partial charge is 0.253 e. The second kappa shape index (κ2) is 2.32. The highest BCUT2D eigenvalue weighted by Gasteiger charge is 1.90. The van der Waals surface area contributed by atoms with Crippen molar-refractivity contribution < 1.29 is 0 Å². The van der Waals surface area contributed by atoms with Crippen LogP contribution in [-0.4, -0.2) is 4.57 Å². The maximum atomic E-state index is 10.9. The minimum Gasteiger partial charge on any atom is -0.314 e. The standard InChI is InChI=1S/C6H8NOP/c1-5-3-9-4-7(2)6(5)8/h3-4H,1-2H3. The molecule has 0 bridgehead atoms. The molecule has 0 saturated heterocycles. The number of rotatable bonds is 0. The maximum Gasteiger partial charge on any atom is 0.253 e. The molecule has 2 nitrogen and oxygen atoms in total. The summed E-state index contributed by atoms with van der Waals surface area (Å²) in [5.41, 5.74) is 0.940. The third-order valence-corrected chi connectivity index (χ3v) is 2.18. The van der Waals surface area contributed by atoms with Crippen LogP contribution in [0.4, 0.5) is 0 Å². The molecule has 0 radical (unpaired) electrons. The largest absolute Gasteiger partial charge is 0.314 e. The lowest BCUT2D eigenvalue weighted by Gasteiger charge is -1.94. The Morgan fingerprint density at radius 1 is 1.67 bits per heavy atom. The van der Waals surface area contributed by atoms with Gasteiger partial charge >= 0.3 is 0 Å². The fraction of sp³-hybridized carbons (Fsp3) is 0.333. The summed E-state index contributed by atoms with van der Waals surface area (Å²) in [5.74, 6) is 3.75. The van der Waals surface area contributed by atoms with Crippen LogP contribution >= 0.6 is 8.19 Å². The summed E-state index contributed by atoms with van der Waals surface area (Å²) < 4.78 is 1.61. The van der Waals surface area contributed by atoms with Crippen molar-refractivity contribution in [3.05, 3.63) is 27.6 Å². The van der Waals surface area contributed by atoms with E-state index in [2.05, 4.69) is 0 Å². The lowest BCUT2D eigenvalue weighted by atomic mass is 10.4. The van der Waals surface area contributed by atoms with E-state index >= 15 is 0 Å². The fourth-order valence-electron chi connectivity index (χ4n) is 0.631. The number of hydrogen-bond acceptors (Lipinski definition) is 1. The number of aromatic nitrogens is 1. The monoisotopic (exact) mass is 141 g/mol. The third-order valence-electron chi connectivity index (χ3n) is 1.17. The first-order valence-electron chi connectivity index (χ1n) is 2.69. The first-order valence-corrected chi connectivity index (χ1v) is 3.72. The van der Waals surface area contributed by atoms with Gasteiger partial charge in [-0.25, -0.2) is 0 Å². The van der Waals surface area contributed by atoms with E-state index < -0.39 is 0 Å². The molecular formula is C6H8NOP. The maximum absolute atomic E-state index is 10.9. The van der Waals surface area contributed by atoms with Crippen LogP contribution in [0.15, 0.2) is 16.5 Å². The molecule has 0 N–H and O–H groups in total. The van der Waals surface area contributed by atoms with E-state index in [1.165, 1.54) is 0 Å². The van der Waals surface area contributed by atoms with Gasteiger partial charge in [-0.05, 0) is 12.7 Å². The summed E-state index contributed by atoms with van der Waals surface area (Å²) >= 11 is 0. The fourth-order valence-corrected chi connectivity index (χ4v) is 1.34. The second-order valence-corrected chi connectivity index (χ2v) is 2.78. The Morgan fingerprint density at radius 2 is 2.33 bits per heavy atom. The van der Waals surface area contributed by atoms with Gasteiger partial charge in [0.25, 0.3) is 5.56 Å². The van der Waals surface area contributed by atoms with E-state index in [-0.39, 0.29) is 5.56 Å². The number of hydrogen-bond donors (Lipinski definition) is 0. The van der Waals surface area contributed by atoms with Gasteiger partial charge in [0.1, 0.15) is 0 Å². The van der Waals surface area contributed by atoms with Crippen molar-refractivity contribution in [1.29, 1.82) is 0 Å². The summed E-state index contributed by atoms with van der Waals surface area (Å²) in [6.07, 6.45) is 0. The van der Waals surface area contributed by atoms with E-state index in [1.807, 2.05) is 18.7 Å². The number of nitrogens with zero attached hydrogens (tertiary/aromatic N) is 1. The minimum atomic E-state index is 0.105. The first kappa shape index (κ1) is 6.50. The lowest BCUT2D eigenvalue weighted by molar-refractivity contribution is 0.867. The average Bonchev–Trinajstić information content (AvgIpc) is 1.83. The van der Waals surface area contributed by atoms with Crippen LogP contribution in [0.25, 0.3) is 0 Å². The Labute approximate surface area is 55.2 Å². The van der Waals surface area contributed by atoms with Gasteiger partial charge in [0.15, 0.2) is 0 Å². The highest BCUT2D eigenvalue weighted by atomic mass is 31.0. The zero-order valence-corrected chi connectivity index (χ0v) is 6.35. The van der Waals surface area contributed by atoms with Gasteiger partial charge in [-0.15, -0.1) is 0 Å². The molecule has 0 aromatic carbocycles. The van der Waals surface area contributed by atoms with E-state index in [0.717, 1.165) is 13.8 Å². The van der Waals surface area contributed by atoms with Crippen LogP contribution < -0.4 is 5.56 Å². The third kappa shape index (κ3) is 1.19.